The number of halogens is 2. The number of nitrogens with one attached hydrogen (secondary N) is 2. The molecular weight excluding hydrogens is 465 g/mol. The highest BCUT2D eigenvalue weighted by Crippen LogP contribution is 2.26. The number of aromatic nitrogens is 1. The second-order valence-electron chi connectivity index (χ2n) is 6.86. The molecule has 146 valence electrons. The third-order valence-electron chi connectivity index (χ3n) is 5.01. The van der Waals surface area contributed by atoms with Gasteiger partial charge in [0, 0.05) is 44.3 Å². The topological polar surface area (TPSA) is 72.8 Å². The van der Waals surface area contributed by atoms with Crippen LogP contribution in [0.15, 0.2) is 23.3 Å². The molecule has 1 aromatic heterocycles. The van der Waals surface area contributed by atoms with Crippen LogP contribution in [0, 0.1) is 5.92 Å². The van der Waals surface area contributed by atoms with Crippen molar-refractivity contribution in [2.45, 2.75) is 44.8 Å². The number of anilines is 1. The minimum Gasteiger partial charge on any atom is -0.393 e. The van der Waals surface area contributed by atoms with Crippen molar-refractivity contribution in [2.75, 3.05) is 31.1 Å². The van der Waals surface area contributed by atoms with E-state index in [-0.39, 0.29) is 30.1 Å². The van der Waals surface area contributed by atoms with E-state index in [2.05, 4.69) is 27.4 Å². The van der Waals surface area contributed by atoms with Gasteiger partial charge in [-0.3, -0.25) is 4.99 Å². The maximum atomic E-state index is 9.97. The van der Waals surface area contributed by atoms with Crippen molar-refractivity contribution in [1.29, 1.82) is 0 Å². The molecule has 3 atom stereocenters. The van der Waals surface area contributed by atoms with Gasteiger partial charge in [-0.05, 0) is 38.3 Å². The minimum atomic E-state index is -0.195. The summed E-state index contributed by atoms with van der Waals surface area (Å²) in [6.07, 6.45) is 5.68. The summed E-state index contributed by atoms with van der Waals surface area (Å²) in [6, 6.07) is 4.04. The lowest BCUT2D eigenvalue weighted by atomic mass is 10.1. The second kappa shape index (κ2) is 10.5. The van der Waals surface area contributed by atoms with Gasteiger partial charge in [-0.15, -0.1) is 24.0 Å². The number of hydrogen-bond donors (Lipinski definition) is 3. The Labute approximate surface area is 177 Å². The van der Waals surface area contributed by atoms with Crippen LogP contribution in [0.1, 0.15) is 32.6 Å². The van der Waals surface area contributed by atoms with E-state index in [1.807, 2.05) is 12.1 Å². The molecule has 1 aliphatic carbocycles. The van der Waals surface area contributed by atoms with Crippen molar-refractivity contribution in [1.82, 2.24) is 15.6 Å². The molecule has 0 amide bonds. The van der Waals surface area contributed by atoms with Gasteiger partial charge in [0.05, 0.1) is 11.1 Å². The molecule has 3 unspecified atom stereocenters. The van der Waals surface area contributed by atoms with E-state index in [1.54, 1.807) is 6.20 Å². The van der Waals surface area contributed by atoms with Gasteiger partial charge in [0.2, 0.25) is 0 Å². The van der Waals surface area contributed by atoms with Crippen LogP contribution in [-0.2, 0) is 0 Å². The molecule has 26 heavy (non-hydrogen) atoms. The first-order valence-electron chi connectivity index (χ1n) is 9.25. The molecule has 8 heteroatoms. The molecule has 6 nitrogen and oxygen atoms in total. The first kappa shape index (κ1) is 21.5. The maximum absolute atomic E-state index is 9.97. The number of aliphatic imine (C=N–C) groups is 1. The quantitative estimate of drug-likeness (QED) is 0.334. The van der Waals surface area contributed by atoms with Crippen LogP contribution in [-0.4, -0.2) is 54.4 Å². The molecule has 3 rings (SSSR count). The average molecular weight is 494 g/mol. The zero-order valence-corrected chi connectivity index (χ0v) is 18.3. The summed E-state index contributed by atoms with van der Waals surface area (Å²) < 4.78 is 0. The van der Waals surface area contributed by atoms with Crippen LogP contribution in [0.2, 0.25) is 5.02 Å². The standard InChI is InChI=1S/C18H28ClN5O.HI/c1-2-20-18(22-11-13-5-3-7-16(13)25)23-14-8-10-24(12-14)17-15(19)6-4-9-21-17;/h4,6,9,13-14,16,25H,2-3,5,7-8,10-12H2,1H3,(H2,20,22,23);1H. The molecule has 0 aromatic carbocycles. The van der Waals surface area contributed by atoms with Gasteiger partial charge >= 0.3 is 0 Å². The van der Waals surface area contributed by atoms with Crippen LogP contribution in [0.5, 0.6) is 0 Å². The molecule has 1 aliphatic heterocycles. The van der Waals surface area contributed by atoms with Crippen molar-refractivity contribution in [3.05, 3.63) is 23.4 Å². The summed E-state index contributed by atoms with van der Waals surface area (Å²) in [7, 11) is 0. The summed E-state index contributed by atoms with van der Waals surface area (Å²) in [6.45, 7) is 5.35. The average Bonchev–Trinajstić information content (AvgIpc) is 3.22. The molecule has 1 saturated heterocycles. The smallest absolute Gasteiger partial charge is 0.191 e. The first-order valence-corrected chi connectivity index (χ1v) is 9.63. The summed E-state index contributed by atoms with van der Waals surface area (Å²) in [5.74, 6) is 1.98. The molecule has 0 bridgehead atoms. The van der Waals surface area contributed by atoms with Gasteiger partial charge in [0.1, 0.15) is 5.82 Å². The van der Waals surface area contributed by atoms with Crippen molar-refractivity contribution < 1.29 is 5.11 Å². The van der Waals surface area contributed by atoms with Gasteiger partial charge in [-0.25, -0.2) is 4.98 Å². The Morgan fingerprint density at radius 3 is 2.96 bits per heavy atom. The number of rotatable bonds is 5. The van der Waals surface area contributed by atoms with Crippen molar-refractivity contribution in [3.8, 4) is 0 Å². The molecule has 3 N–H and O–H groups in total. The molecule has 2 aliphatic rings. The van der Waals surface area contributed by atoms with Gasteiger partial charge in [0.25, 0.3) is 0 Å². The lowest BCUT2D eigenvalue weighted by Gasteiger charge is -2.20. The van der Waals surface area contributed by atoms with E-state index < -0.39 is 0 Å². The number of aliphatic hydroxyl groups excluding tert-OH is 1. The Kier molecular flexibility index (Phi) is 8.69. The second-order valence-corrected chi connectivity index (χ2v) is 7.27. The third kappa shape index (κ3) is 5.60. The van der Waals surface area contributed by atoms with Crippen molar-refractivity contribution in [2.24, 2.45) is 10.9 Å². The molecule has 0 radical (unpaired) electrons. The normalized spacial score (nSPS) is 25.9. The van der Waals surface area contributed by atoms with Gasteiger partial charge in [-0.1, -0.05) is 18.0 Å². The van der Waals surface area contributed by atoms with E-state index >= 15 is 0 Å². The Hall–Kier alpha value is -0.800. The van der Waals surface area contributed by atoms with Gasteiger partial charge in [-0.2, -0.15) is 0 Å². The van der Waals surface area contributed by atoms with Gasteiger partial charge < -0.3 is 20.6 Å². The monoisotopic (exact) mass is 493 g/mol. The van der Waals surface area contributed by atoms with E-state index in [9.17, 15) is 5.11 Å². The Bertz CT molecular complexity index is 603. The van der Waals surface area contributed by atoms with E-state index in [4.69, 9.17) is 16.6 Å². The molecule has 2 fully saturated rings. The predicted molar refractivity (Wildman–Crippen MR) is 118 cm³/mol. The summed E-state index contributed by atoms with van der Waals surface area (Å²) in [5.41, 5.74) is 0. The Morgan fingerprint density at radius 2 is 2.27 bits per heavy atom. The van der Waals surface area contributed by atoms with Crippen LogP contribution in [0.25, 0.3) is 0 Å². The highest BCUT2D eigenvalue weighted by Gasteiger charge is 2.27. The number of nitrogens with zero attached hydrogens (tertiary/aromatic N) is 3. The van der Waals surface area contributed by atoms with Crippen LogP contribution >= 0.6 is 35.6 Å². The van der Waals surface area contributed by atoms with E-state index in [1.165, 1.54) is 0 Å². The van der Waals surface area contributed by atoms with Crippen LogP contribution in [0.4, 0.5) is 5.82 Å². The summed E-state index contributed by atoms with van der Waals surface area (Å²) in [4.78, 5) is 11.3. The molecule has 2 heterocycles. The lowest BCUT2D eigenvalue weighted by molar-refractivity contribution is 0.136. The molecular formula is C18H29ClIN5O. The molecule has 0 spiro atoms. The Morgan fingerprint density at radius 1 is 1.42 bits per heavy atom. The third-order valence-corrected chi connectivity index (χ3v) is 5.31. The number of pyridine rings is 1. The fourth-order valence-electron chi connectivity index (χ4n) is 3.63. The summed E-state index contributed by atoms with van der Waals surface area (Å²) in [5, 5.41) is 17.5. The van der Waals surface area contributed by atoms with E-state index in [0.29, 0.717) is 23.5 Å². The number of guanidine groups is 1. The fourth-order valence-corrected chi connectivity index (χ4v) is 3.87. The fraction of sp³-hybridized carbons (Fsp3) is 0.667. The van der Waals surface area contributed by atoms with Crippen LogP contribution < -0.4 is 15.5 Å². The number of hydrogen-bond acceptors (Lipinski definition) is 4. The SMILES string of the molecule is CCNC(=NCC1CCCC1O)NC1CCN(c2ncccc2Cl)C1.I. The van der Waals surface area contributed by atoms with Gasteiger partial charge in [0.15, 0.2) is 5.96 Å². The lowest BCUT2D eigenvalue weighted by Crippen LogP contribution is -2.45. The highest BCUT2D eigenvalue weighted by molar-refractivity contribution is 14.0. The highest BCUT2D eigenvalue weighted by atomic mass is 127. The van der Waals surface area contributed by atoms with Crippen molar-refractivity contribution in [3.63, 3.8) is 0 Å². The maximum Gasteiger partial charge on any atom is 0.191 e. The molecule has 1 aromatic rings. The first-order chi connectivity index (χ1) is 12.2. The summed E-state index contributed by atoms with van der Waals surface area (Å²) >= 11 is 6.26. The zero-order chi connectivity index (χ0) is 17.6. The minimum absolute atomic E-state index is 0. The number of aliphatic hydroxyl groups is 1. The van der Waals surface area contributed by atoms with Crippen molar-refractivity contribution >= 4 is 47.4 Å². The largest absolute Gasteiger partial charge is 0.393 e. The Balaban J connectivity index is 0.00000243. The molecule has 1 saturated carbocycles. The van der Waals surface area contributed by atoms with E-state index in [0.717, 1.165) is 57.1 Å². The predicted octanol–water partition coefficient (Wildman–Crippen LogP) is 2.65. The van der Waals surface area contributed by atoms with Crippen LogP contribution in [0.3, 0.4) is 0 Å². The zero-order valence-electron chi connectivity index (χ0n) is 15.2.